The predicted molar refractivity (Wildman–Crippen MR) is 77.8 cm³/mol. The van der Waals surface area contributed by atoms with Crippen LogP contribution >= 0.6 is 0 Å². The Hall–Kier alpha value is -2.13. The molecule has 2 atom stereocenters. The number of nitriles is 1. The number of nitrogens with two attached hydrogens (primary N) is 1. The Morgan fingerprint density at radius 2 is 2.10 bits per heavy atom. The Morgan fingerprint density at radius 1 is 1.38 bits per heavy atom. The van der Waals surface area contributed by atoms with Crippen molar-refractivity contribution in [1.82, 2.24) is 0 Å². The molecule has 1 fully saturated rings. The number of rotatable bonds is 5. The molecule has 0 aromatic heterocycles. The molecule has 1 aliphatic carbocycles. The monoisotopic (exact) mass is 289 g/mol. The van der Waals surface area contributed by atoms with Crippen LogP contribution in [0.15, 0.2) is 18.2 Å². The molecule has 6 heteroatoms. The van der Waals surface area contributed by atoms with Crippen LogP contribution < -0.4 is 10.5 Å². The lowest BCUT2D eigenvalue weighted by molar-refractivity contribution is -0.385. The smallest absolute Gasteiger partial charge is 0.312 e. The molecule has 1 aromatic carbocycles. The number of benzene rings is 1. The molecule has 0 heterocycles. The van der Waals surface area contributed by atoms with Gasteiger partial charge in [-0.1, -0.05) is 12.8 Å². The van der Waals surface area contributed by atoms with Gasteiger partial charge in [0.05, 0.1) is 23.2 Å². The van der Waals surface area contributed by atoms with Crippen LogP contribution in [0.2, 0.25) is 0 Å². The number of nitro groups is 1. The van der Waals surface area contributed by atoms with Gasteiger partial charge in [-0.05, 0) is 43.4 Å². The average molecular weight is 289 g/mol. The largest absolute Gasteiger partial charge is 0.487 e. The summed E-state index contributed by atoms with van der Waals surface area (Å²) in [7, 11) is 0. The molecule has 0 spiro atoms. The van der Waals surface area contributed by atoms with Crippen molar-refractivity contribution >= 4 is 5.69 Å². The topological polar surface area (TPSA) is 102 Å². The normalized spacial score (nSPS) is 21.5. The number of nitro benzene ring substituents is 1. The van der Waals surface area contributed by atoms with E-state index < -0.39 is 4.92 Å². The van der Waals surface area contributed by atoms with Gasteiger partial charge in [-0.25, -0.2) is 0 Å². The van der Waals surface area contributed by atoms with Crippen LogP contribution in [0, 0.1) is 33.3 Å². The van der Waals surface area contributed by atoms with Crippen molar-refractivity contribution in [2.45, 2.75) is 25.7 Å². The minimum atomic E-state index is -0.516. The van der Waals surface area contributed by atoms with Crippen molar-refractivity contribution in [3.05, 3.63) is 33.9 Å². The third-order valence-corrected chi connectivity index (χ3v) is 4.11. The van der Waals surface area contributed by atoms with Gasteiger partial charge in [0.1, 0.15) is 0 Å². The molecule has 2 rings (SSSR count). The summed E-state index contributed by atoms with van der Waals surface area (Å²) in [6.45, 7) is 1.07. The molecular formula is C15H19N3O3. The van der Waals surface area contributed by atoms with Gasteiger partial charge in [-0.15, -0.1) is 0 Å². The molecular weight excluding hydrogens is 270 g/mol. The van der Waals surface area contributed by atoms with Gasteiger partial charge in [0, 0.05) is 6.07 Å². The second-order valence-corrected chi connectivity index (χ2v) is 5.40. The highest BCUT2D eigenvalue weighted by molar-refractivity contribution is 5.51. The Morgan fingerprint density at radius 3 is 2.71 bits per heavy atom. The summed E-state index contributed by atoms with van der Waals surface area (Å²) in [6.07, 6.45) is 4.49. The second kappa shape index (κ2) is 7.04. The minimum absolute atomic E-state index is 0.158. The highest BCUT2D eigenvalue weighted by Gasteiger charge is 2.25. The zero-order valence-corrected chi connectivity index (χ0v) is 11.8. The Bertz CT molecular complexity index is 554. The maximum Gasteiger partial charge on any atom is 0.312 e. The van der Waals surface area contributed by atoms with Gasteiger partial charge < -0.3 is 10.5 Å². The van der Waals surface area contributed by atoms with E-state index in [0.29, 0.717) is 25.0 Å². The predicted octanol–water partition coefficient (Wildman–Crippen LogP) is 2.61. The molecule has 112 valence electrons. The lowest BCUT2D eigenvalue weighted by Gasteiger charge is -2.30. The molecule has 2 unspecified atom stereocenters. The van der Waals surface area contributed by atoms with Crippen molar-refractivity contribution in [1.29, 1.82) is 5.26 Å². The fourth-order valence-corrected chi connectivity index (χ4v) is 2.86. The highest BCUT2D eigenvalue weighted by atomic mass is 16.6. The van der Waals surface area contributed by atoms with Crippen molar-refractivity contribution in [2.24, 2.45) is 17.6 Å². The van der Waals surface area contributed by atoms with Gasteiger partial charge in [0.25, 0.3) is 0 Å². The molecule has 0 radical (unpaired) electrons. The Labute approximate surface area is 123 Å². The molecule has 1 aromatic rings. The zero-order valence-electron chi connectivity index (χ0n) is 11.8. The SMILES string of the molecule is N#Cc1ccc(OCC2CCCCC2CN)c([N+](=O)[O-])c1. The van der Waals surface area contributed by atoms with E-state index >= 15 is 0 Å². The highest BCUT2D eigenvalue weighted by Crippen LogP contribution is 2.32. The second-order valence-electron chi connectivity index (χ2n) is 5.40. The lowest BCUT2D eigenvalue weighted by Crippen LogP contribution is -2.30. The molecule has 6 nitrogen and oxygen atoms in total. The standard InChI is InChI=1S/C15H19N3O3/c16-8-11-5-6-15(14(7-11)18(19)20)21-10-13-4-2-1-3-12(13)9-17/h5-7,12-13H,1-4,9-10,17H2. The van der Waals surface area contributed by atoms with E-state index in [-0.39, 0.29) is 17.0 Å². The summed E-state index contributed by atoms with van der Waals surface area (Å²) in [4.78, 5) is 10.5. The first kappa shape index (κ1) is 15.3. The summed E-state index contributed by atoms with van der Waals surface area (Å²) in [5, 5.41) is 19.9. The maximum atomic E-state index is 11.1. The van der Waals surface area contributed by atoms with Gasteiger partial charge >= 0.3 is 5.69 Å². The van der Waals surface area contributed by atoms with Crippen molar-refractivity contribution in [3.8, 4) is 11.8 Å². The number of ether oxygens (including phenoxy) is 1. The van der Waals surface area contributed by atoms with Crippen LogP contribution in [0.25, 0.3) is 0 Å². The Kier molecular flexibility index (Phi) is 5.12. The number of nitrogens with zero attached hydrogens (tertiary/aromatic N) is 2. The molecule has 21 heavy (non-hydrogen) atoms. The van der Waals surface area contributed by atoms with Gasteiger partial charge in [-0.3, -0.25) is 10.1 Å². The number of hydrogen-bond donors (Lipinski definition) is 1. The number of hydrogen-bond acceptors (Lipinski definition) is 5. The van der Waals surface area contributed by atoms with Gasteiger partial charge in [0.2, 0.25) is 0 Å². The third-order valence-electron chi connectivity index (χ3n) is 4.11. The first-order valence-corrected chi connectivity index (χ1v) is 7.17. The van der Waals surface area contributed by atoms with E-state index in [0.717, 1.165) is 19.3 Å². The fraction of sp³-hybridized carbons (Fsp3) is 0.533. The lowest BCUT2D eigenvalue weighted by atomic mass is 9.80. The maximum absolute atomic E-state index is 11.1. The van der Waals surface area contributed by atoms with E-state index in [2.05, 4.69) is 0 Å². The quantitative estimate of drug-likeness (QED) is 0.663. The molecule has 0 bridgehead atoms. The Balaban J connectivity index is 2.09. The van der Waals surface area contributed by atoms with Crippen molar-refractivity contribution in [3.63, 3.8) is 0 Å². The van der Waals surface area contributed by atoms with Crippen LogP contribution in [0.5, 0.6) is 5.75 Å². The molecule has 2 N–H and O–H groups in total. The first-order valence-electron chi connectivity index (χ1n) is 7.17. The first-order chi connectivity index (χ1) is 10.2. The van der Waals surface area contributed by atoms with Gasteiger partial charge in [0.15, 0.2) is 5.75 Å². The molecule has 0 saturated heterocycles. The summed E-state index contributed by atoms with van der Waals surface area (Å²) in [6, 6.07) is 6.17. The van der Waals surface area contributed by atoms with Crippen molar-refractivity contribution < 1.29 is 9.66 Å². The summed E-state index contributed by atoms with van der Waals surface area (Å²) in [5.41, 5.74) is 5.88. The van der Waals surface area contributed by atoms with E-state index in [1.165, 1.54) is 24.6 Å². The van der Waals surface area contributed by atoms with Crippen LogP contribution in [-0.2, 0) is 0 Å². The minimum Gasteiger partial charge on any atom is -0.487 e. The summed E-state index contributed by atoms with van der Waals surface area (Å²) >= 11 is 0. The van der Waals surface area contributed by atoms with E-state index in [1.54, 1.807) is 0 Å². The molecule has 0 amide bonds. The van der Waals surface area contributed by atoms with Crippen LogP contribution in [-0.4, -0.2) is 18.1 Å². The van der Waals surface area contributed by atoms with Gasteiger partial charge in [-0.2, -0.15) is 5.26 Å². The van der Waals surface area contributed by atoms with Crippen molar-refractivity contribution in [2.75, 3.05) is 13.2 Å². The van der Waals surface area contributed by atoms with E-state index in [1.807, 2.05) is 6.07 Å². The van der Waals surface area contributed by atoms with Crippen LogP contribution in [0.4, 0.5) is 5.69 Å². The van der Waals surface area contributed by atoms with Crippen LogP contribution in [0.1, 0.15) is 31.2 Å². The molecule has 1 saturated carbocycles. The molecule has 0 aliphatic heterocycles. The van der Waals surface area contributed by atoms with E-state index in [4.69, 9.17) is 15.7 Å². The molecule has 1 aliphatic rings. The zero-order chi connectivity index (χ0) is 15.2. The summed E-state index contributed by atoms with van der Waals surface area (Å²) < 4.78 is 5.66. The third kappa shape index (κ3) is 3.70. The summed E-state index contributed by atoms with van der Waals surface area (Å²) in [5.74, 6) is 0.996. The van der Waals surface area contributed by atoms with Crippen LogP contribution in [0.3, 0.4) is 0 Å². The van der Waals surface area contributed by atoms with E-state index in [9.17, 15) is 10.1 Å². The fourth-order valence-electron chi connectivity index (χ4n) is 2.86. The average Bonchev–Trinajstić information content (AvgIpc) is 2.52.